The Bertz CT molecular complexity index is 872. The Kier molecular flexibility index (Phi) is 12.9. The van der Waals surface area contributed by atoms with Crippen LogP contribution in [0.1, 0.15) is 30.7 Å². The fraction of sp³-hybridized carbons (Fsp3) is 0.609. The van der Waals surface area contributed by atoms with Crippen molar-refractivity contribution in [3.05, 3.63) is 29.6 Å². The molecule has 0 saturated heterocycles. The molecule has 0 fully saturated rings. The number of carboxylic acid groups (broad SMARTS) is 3. The van der Waals surface area contributed by atoms with Crippen LogP contribution in [0.2, 0.25) is 0 Å². The van der Waals surface area contributed by atoms with Gasteiger partial charge in [0, 0.05) is 52.2 Å². The number of amides is 1. The van der Waals surface area contributed by atoms with Crippen molar-refractivity contribution in [2.45, 2.75) is 38.4 Å². The summed E-state index contributed by atoms with van der Waals surface area (Å²) in [6.07, 6.45) is 0.703. The quantitative estimate of drug-likeness (QED) is 0.0978. The van der Waals surface area contributed by atoms with Gasteiger partial charge in [0.2, 0.25) is 5.91 Å². The van der Waals surface area contributed by atoms with Gasteiger partial charge in [0.1, 0.15) is 6.04 Å². The van der Waals surface area contributed by atoms with Crippen molar-refractivity contribution in [2.75, 3.05) is 52.4 Å². The van der Waals surface area contributed by atoms with E-state index in [4.69, 9.17) is 10.9 Å². The largest absolute Gasteiger partial charge is 0.480 e. The lowest BCUT2D eigenvalue weighted by molar-refractivity contribution is -0.140. The number of fused-ring (bicyclic) bond motifs is 2. The maximum absolute atomic E-state index is 12.0. The Morgan fingerprint density at radius 2 is 1.46 bits per heavy atom. The number of nitrogens with zero attached hydrogens (tertiary/aromatic N) is 4. The predicted molar refractivity (Wildman–Crippen MR) is 132 cm³/mol. The molecular weight excluding hydrogens is 486 g/mol. The summed E-state index contributed by atoms with van der Waals surface area (Å²) < 4.78 is 0. The number of nitrogens with one attached hydrogen (secondary N) is 2. The van der Waals surface area contributed by atoms with Crippen molar-refractivity contribution in [3.63, 3.8) is 0 Å². The Hall–Kier alpha value is -3.17. The lowest BCUT2D eigenvalue weighted by Crippen LogP contribution is -2.43. The molecule has 2 heterocycles. The van der Waals surface area contributed by atoms with E-state index in [1.807, 2.05) is 28.0 Å². The van der Waals surface area contributed by atoms with Crippen molar-refractivity contribution >= 4 is 23.8 Å². The monoisotopic (exact) mass is 523 g/mol. The minimum Gasteiger partial charge on any atom is -0.480 e. The highest BCUT2D eigenvalue weighted by atomic mass is 16.4. The number of aromatic nitrogens is 1. The van der Waals surface area contributed by atoms with E-state index in [0.717, 1.165) is 11.4 Å². The molecule has 1 aliphatic heterocycles. The number of carboxylic acids is 3. The van der Waals surface area contributed by atoms with Crippen LogP contribution in [-0.4, -0.2) is 117 Å². The molecule has 2 bridgehead atoms. The molecule has 1 aromatic heterocycles. The molecule has 1 atom stereocenters. The van der Waals surface area contributed by atoms with Crippen LogP contribution >= 0.6 is 0 Å². The first-order valence-corrected chi connectivity index (χ1v) is 12.2. The molecule has 14 nitrogen and oxygen atoms in total. The zero-order valence-electron chi connectivity index (χ0n) is 20.8. The summed E-state index contributed by atoms with van der Waals surface area (Å²) in [7, 11) is 0. The smallest absolute Gasteiger partial charge is 0.322 e. The normalized spacial score (nSPS) is 16.8. The molecule has 2 rings (SSSR count). The summed E-state index contributed by atoms with van der Waals surface area (Å²) in [5, 5.41) is 30.4. The van der Waals surface area contributed by atoms with E-state index in [1.54, 1.807) is 0 Å². The molecule has 1 aliphatic rings. The van der Waals surface area contributed by atoms with Gasteiger partial charge in [-0.2, -0.15) is 0 Å². The Morgan fingerprint density at radius 1 is 0.919 bits per heavy atom. The lowest BCUT2D eigenvalue weighted by Gasteiger charge is -2.30. The number of rotatable bonds is 13. The molecule has 0 radical (unpaired) electrons. The molecule has 1 amide bonds. The number of aliphatic carboxylic acids is 3. The number of hydrazine groups is 1. The Balaban J connectivity index is 1.97. The molecule has 206 valence electrons. The summed E-state index contributed by atoms with van der Waals surface area (Å²) in [6, 6.07) is 4.51. The molecule has 1 unspecified atom stereocenters. The van der Waals surface area contributed by atoms with Crippen molar-refractivity contribution in [1.82, 2.24) is 30.4 Å². The molecular formula is C23H37N7O7. The van der Waals surface area contributed by atoms with E-state index in [0.29, 0.717) is 58.8 Å². The van der Waals surface area contributed by atoms with Gasteiger partial charge < -0.3 is 25.5 Å². The maximum Gasteiger partial charge on any atom is 0.322 e. The molecule has 1 aromatic rings. The number of pyridine rings is 1. The summed E-state index contributed by atoms with van der Waals surface area (Å²) in [5.74, 6) is 1.92. The van der Waals surface area contributed by atoms with Gasteiger partial charge in [0.25, 0.3) is 0 Å². The van der Waals surface area contributed by atoms with Crippen LogP contribution in [0, 0.1) is 0 Å². The summed E-state index contributed by atoms with van der Waals surface area (Å²) >= 11 is 0. The third kappa shape index (κ3) is 12.1. The van der Waals surface area contributed by atoms with Gasteiger partial charge in [-0.25, -0.2) is 5.43 Å². The summed E-state index contributed by atoms with van der Waals surface area (Å²) in [5.41, 5.74) is 3.60. The first kappa shape index (κ1) is 30.1. The van der Waals surface area contributed by atoms with Crippen molar-refractivity contribution in [3.8, 4) is 0 Å². The standard InChI is InChI=1S/C23H37N7O7/c24-27-19(23(36)37)5-6-20(31)25-7-2-8-28-9-11-29(15-21(32)33)13-17-3-1-4-18(26-17)14-30(12-10-28)16-22(34)35/h1,3-4,19,27H,2,5-16,24H2,(H,25,31)(H,32,33)(H,34,35)(H,36,37). The molecule has 0 aromatic carbocycles. The van der Waals surface area contributed by atoms with Gasteiger partial charge in [-0.1, -0.05) is 6.07 Å². The van der Waals surface area contributed by atoms with E-state index >= 15 is 0 Å². The number of carbonyl (C=O) groups excluding carboxylic acids is 1. The first-order valence-electron chi connectivity index (χ1n) is 12.2. The molecule has 37 heavy (non-hydrogen) atoms. The topological polar surface area (TPSA) is 202 Å². The van der Waals surface area contributed by atoms with Crippen LogP contribution in [0.3, 0.4) is 0 Å². The van der Waals surface area contributed by atoms with Gasteiger partial charge in [0.15, 0.2) is 0 Å². The number of hydrogen-bond acceptors (Lipinski definition) is 10. The van der Waals surface area contributed by atoms with Gasteiger partial charge in [0.05, 0.1) is 24.5 Å². The van der Waals surface area contributed by atoms with Gasteiger partial charge in [-0.05, 0) is 31.5 Å². The Labute approximate surface area is 215 Å². The fourth-order valence-electron chi connectivity index (χ4n) is 4.05. The first-order chi connectivity index (χ1) is 17.7. The summed E-state index contributed by atoms with van der Waals surface area (Å²) in [6.45, 7) is 3.53. The van der Waals surface area contributed by atoms with Crippen LogP contribution in [0.15, 0.2) is 18.2 Å². The van der Waals surface area contributed by atoms with Gasteiger partial charge in [-0.3, -0.25) is 39.8 Å². The van der Waals surface area contributed by atoms with Gasteiger partial charge in [-0.15, -0.1) is 0 Å². The lowest BCUT2D eigenvalue weighted by atomic mass is 10.1. The predicted octanol–water partition coefficient (Wildman–Crippen LogP) is -1.63. The third-order valence-electron chi connectivity index (χ3n) is 5.95. The van der Waals surface area contributed by atoms with Crippen LogP contribution in [0.25, 0.3) is 0 Å². The highest BCUT2D eigenvalue weighted by Gasteiger charge is 2.19. The Morgan fingerprint density at radius 3 is 1.95 bits per heavy atom. The SMILES string of the molecule is NNC(CCC(=O)NCCCN1CCN(CC(=O)O)Cc2cccc(n2)CN(CC(=O)O)CC1)C(=O)O. The minimum absolute atomic E-state index is 0.0212. The number of carbonyl (C=O) groups is 4. The third-order valence-corrected chi connectivity index (χ3v) is 5.95. The second kappa shape index (κ2) is 15.8. The van der Waals surface area contributed by atoms with Crippen molar-refractivity contribution < 1.29 is 34.5 Å². The van der Waals surface area contributed by atoms with E-state index in [1.165, 1.54) is 0 Å². The maximum atomic E-state index is 12.0. The average Bonchev–Trinajstić information content (AvgIpc) is 2.81. The minimum atomic E-state index is -1.12. The van der Waals surface area contributed by atoms with Crippen LogP contribution in [0.5, 0.6) is 0 Å². The summed E-state index contributed by atoms with van der Waals surface area (Å²) in [4.78, 5) is 56.2. The van der Waals surface area contributed by atoms with E-state index in [2.05, 4.69) is 20.6 Å². The van der Waals surface area contributed by atoms with Crippen molar-refractivity contribution in [2.24, 2.45) is 5.84 Å². The van der Waals surface area contributed by atoms with Crippen molar-refractivity contribution in [1.29, 1.82) is 0 Å². The highest BCUT2D eigenvalue weighted by Crippen LogP contribution is 2.09. The molecule has 0 spiro atoms. The number of nitrogens with two attached hydrogens (primary N) is 1. The zero-order chi connectivity index (χ0) is 27.2. The fourth-order valence-corrected chi connectivity index (χ4v) is 4.05. The van der Waals surface area contributed by atoms with Crippen LogP contribution in [-0.2, 0) is 32.3 Å². The highest BCUT2D eigenvalue weighted by molar-refractivity contribution is 5.78. The second-order valence-electron chi connectivity index (χ2n) is 8.97. The average molecular weight is 524 g/mol. The molecule has 0 saturated carbocycles. The zero-order valence-corrected chi connectivity index (χ0v) is 20.8. The van der Waals surface area contributed by atoms with Crippen LogP contribution in [0.4, 0.5) is 0 Å². The van der Waals surface area contributed by atoms with Gasteiger partial charge >= 0.3 is 17.9 Å². The van der Waals surface area contributed by atoms with E-state index in [-0.39, 0.29) is 31.8 Å². The second-order valence-corrected chi connectivity index (χ2v) is 8.97. The van der Waals surface area contributed by atoms with E-state index in [9.17, 15) is 29.4 Å². The molecule has 7 N–H and O–H groups in total. The number of hydrogen-bond donors (Lipinski definition) is 6. The molecule has 14 heteroatoms. The van der Waals surface area contributed by atoms with E-state index < -0.39 is 23.9 Å². The van der Waals surface area contributed by atoms with Crippen LogP contribution < -0.4 is 16.6 Å². The molecule has 0 aliphatic carbocycles.